The first-order valence-electron chi connectivity index (χ1n) is 14.6. The van der Waals surface area contributed by atoms with Gasteiger partial charge < -0.3 is 0 Å². The van der Waals surface area contributed by atoms with E-state index in [1.54, 1.807) is 0 Å². The van der Waals surface area contributed by atoms with E-state index in [0.29, 0.717) is 0 Å². The predicted molar refractivity (Wildman–Crippen MR) is 182 cm³/mol. The monoisotopic (exact) mass is 530 g/mol. The zero-order chi connectivity index (χ0) is 27.6. The van der Waals surface area contributed by atoms with Crippen molar-refractivity contribution < 1.29 is 0 Å². The van der Waals surface area contributed by atoms with Crippen LogP contribution in [0.25, 0.3) is 86.9 Å². The Labute approximate surface area is 244 Å². The van der Waals surface area contributed by atoms with E-state index >= 15 is 0 Å². The van der Waals surface area contributed by atoms with Crippen LogP contribution in [0.15, 0.2) is 158 Å². The summed E-state index contributed by atoms with van der Waals surface area (Å²) in [5.41, 5.74) is 4.95. The van der Waals surface area contributed by atoms with Crippen LogP contribution in [0, 0.1) is 0 Å². The third-order valence-electron chi connectivity index (χ3n) is 9.01. The summed E-state index contributed by atoms with van der Waals surface area (Å²) in [7, 11) is 0. The van der Waals surface area contributed by atoms with Crippen LogP contribution >= 0.6 is 0 Å². The molecule has 0 saturated heterocycles. The molecular formula is C42H26. The third-order valence-corrected chi connectivity index (χ3v) is 9.01. The van der Waals surface area contributed by atoms with Crippen molar-refractivity contribution in [1.82, 2.24) is 0 Å². The molecule has 0 aromatic heterocycles. The van der Waals surface area contributed by atoms with Gasteiger partial charge in [0.15, 0.2) is 0 Å². The minimum atomic E-state index is 1.23. The second-order valence-electron chi connectivity index (χ2n) is 11.3. The van der Waals surface area contributed by atoms with E-state index in [9.17, 15) is 0 Å². The van der Waals surface area contributed by atoms with Gasteiger partial charge in [-0.25, -0.2) is 0 Å². The normalized spacial score (nSPS) is 11.8. The summed E-state index contributed by atoms with van der Waals surface area (Å²) < 4.78 is 0. The minimum absolute atomic E-state index is 1.23. The number of hydrogen-bond donors (Lipinski definition) is 0. The van der Waals surface area contributed by atoms with E-state index in [2.05, 4.69) is 158 Å². The standard InChI is InChI=1S/C42H26/c1-2-10-30-25-31(22-21-27(30)9-1)28-17-19-29(20-18-28)32-23-24-39-40(26-32)35-13-5-8-16-38(35)41-36-14-6-3-11-33(36)34-12-4-7-15-37(34)42(39)41/h1-26H. The van der Waals surface area contributed by atoms with E-state index in [1.165, 1.54) is 86.9 Å². The van der Waals surface area contributed by atoms with Crippen LogP contribution in [0.5, 0.6) is 0 Å². The molecule has 0 fully saturated rings. The average molecular weight is 531 g/mol. The van der Waals surface area contributed by atoms with E-state index in [4.69, 9.17) is 0 Å². The molecule has 42 heavy (non-hydrogen) atoms. The Morgan fingerprint density at radius 3 is 1.17 bits per heavy atom. The predicted octanol–water partition coefficient (Wildman–Crippen LogP) is 11.9. The van der Waals surface area contributed by atoms with Gasteiger partial charge >= 0.3 is 0 Å². The molecule has 0 N–H and O–H groups in total. The van der Waals surface area contributed by atoms with Crippen LogP contribution in [0.1, 0.15) is 0 Å². The maximum atomic E-state index is 2.39. The second kappa shape index (κ2) is 9.03. The number of benzene rings is 9. The lowest BCUT2D eigenvalue weighted by Crippen LogP contribution is -1.89. The first-order valence-corrected chi connectivity index (χ1v) is 14.6. The Morgan fingerprint density at radius 1 is 0.214 bits per heavy atom. The first kappa shape index (κ1) is 23.3. The van der Waals surface area contributed by atoms with E-state index in [-0.39, 0.29) is 0 Å². The molecule has 0 saturated carbocycles. The number of fused-ring (bicyclic) bond motifs is 12. The summed E-state index contributed by atoms with van der Waals surface area (Å²) in [6.07, 6.45) is 0. The largest absolute Gasteiger partial charge is 0.0616 e. The van der Waals surface area contributed by atoms with Crippen molar-refractivity contribution in [2.45, 2.75) is 0 Å². The highest BCUT2D eigenvalue weighted by Crippen LogP contribution is 2.44. The van der Waals surface area contributed by atoms with Gasteiger partial charge in [0.1, 0.15) is 0 Å². The average Bonchev–Trinajstić information content (AvgIpc) is 3.07. The van der Waals surface area contributed by atoms with Crippen molar-refractivity contribution in [3.63, 3.8) is 0 Å². The molecule has 0 aliphatic heterocycles. The van der Waals surface area contributed by atoms with Crippen LogP contribution in [0.2, 0.25) is 0 Å². The molecule has 0 aliphatic carbocycles. The molecule has 0 radical (unpaired) electrons. The van der Waals surface area contributed by atoms with Gasteiger partial charge in [0.25, 0.3) is 0 Å². The highest BCUT2D eigenvalue weighted by molar-refractivity contribution is 6.39. The molecule has 0 unspecified atom stereocenters. The minimum Gasteiger partial charge on any atom is -0.0616 e. The fraction of sp³-hybridized carbons (Fsp3) is 0. The Kier molecular flexibility index (Phi) is 5.00. The zero-order valence-electron chi connectivity index (χ0n) is 23.0. The molecule has 0 atom stereocenters. The molecule has 0 nitrogen and oxygen atoms in total. The van der Waals surface area contributed by atoms with Crippen LogP contribution in [-0.4, -0.2) is 0 Å². The van der Waals surface area contributed by atoms with E-state index in [0.717, 1.165) is 0 Å². The van der Waals surface area contributed by atoms with Gasteiger partial charge in [-0.05, 0) is 99.0 Å². The SMILES string of the molecule is c1ccc2cc(-c3ccc(-c4ccc5c(c4)c4ccccc4c4c6ccccc6c6ccccc6c54)cc3)ccc2c1. The Bertz CT molecular complexity index is 2500. The van der Waals surface area contributed by atoms with Crippen molar-refractivity contribution in [3.05, 3.63) is 158 Å². The zero-order valence-corrected chi connectivity index (χ0v) is 23.0. The maximum absolute atomic E-state index is 2.39. The van der Waals surface area contributed by atoms with Gasteiger partial charge in [0, 0.05) is 0 Å². The second-order valence-corrected chi connectivity index (χ2v) is 11.3. The number of rotatable bonds is 2. The summed E-state index contributed by atoms with van der Waals surface area (Å²) in [5.74, 6) is 0. The fourth-order valence-corrected chi connectivity index (χ4v) is 7.03. The summed E-state index contributed by atoms with van der Waals surface area (Å²) in [4.78, 5) is 0. The Hall–Kier alpha value is -5.46. The summed E-state index contributed by atoms with van der Waals surface area (Å²) in [6.45, 7) is 0. The van der Waals surface area contributed by atoms with E-state index < -0.39 is 0 Å². The molecule has 0 heterocycles. The van der Waals surface area contributed by atoms with Gasteiger partial charge in [0.05, 0.1) is 0 Å². The van der Waals surface area contributed by atoms with Crippen LogP contribution in [-0.2, 0) is 0 Å². The van der Waals surface area contributed by atoms with Gasteiger partial charge in [-0.15, -0.1) is 0 Å². The lowest BCUT2D eigenvalue weighted by molar-refractivity contribution is 1.62. The lowest BCUT2D eigenvalue weighted by atomic mass is 9.86. The Balaban J connectivity index is 1.28. The topological polar surface area (TPSA) is 0 Å². The van der Waals surface area contributed by atoms with E-state index in [1.807, 2.05) is 0 Å². The molecule has 0 heteroatoms. The first-order chi connectivity index (χ1) is 20.8. The summed E-state index contributed by atoms with van der Waals surface area (Å²) in [5, 5.41) is 15.7. The van der Waals surface area contributed by atoms with Crippen molar-refractivity contribution in [1.29, 1.82) is 0 Å². The van der Waals surface area contributed by atoms with Gasteiger partial charge in [0.2, 0.25) is 0 Å². The molecule has 0 aliphatic rings. The molecule has 0 bridgehead atoms. The molecule has 9 aromatic carbocycles. The highest BCUT2D eigenvalue weighted by Gasteiger charge is 2.16. The van der Waals surface area contributed by atoms with Crippen LogP contribution in [0.4, 0.5) is 0 Å². The summed E-state index contributed by atoms with van der Waals surface area (Å²) in [6, 6.07) is 58.0. The quantitative estimate of drug-likeness (QED) is 0.195. The van der Waals surface area contributed by atoms with Crippen molar-refractivity contribution in [2.75, 3.05) is 0 Å². The smallest absolute Gasteiger partial charge is 0.00139 e. The highest BCUT2D eigenvalue weighted by atomic mass is 14.2. The van der Waals surface area contributed by atoms with Crippen LogP contribution in [0.3, 0.4) is 0 Å². The fourth-order valence-electron chi connectivity index (χ4n) is 7.03. The van der Waals surface area contributed by atoms with Gasteiger partial charge in [-0.1, -0.05) is 146 Å². The van der Waals surface area contributed by atoms with Crippen molar-refractivity contribution in [2.24, 2.45) is 0 Å². The van der Waals surface area contributed by atoms with Gasteiger partial charge in [-0.2, -0.15) is 0 Å². The Morgan fingerprint density at radius 2 is 0.595 bits per heavy atom. The van der Waals surface area contributed by atoms with Crippen molar-refractivity contribution >= 4 is 64.6 Å². The molecule has 9 aromatic rings. The summed E-state index contributed by atoms with van der Waals surface area (Å²) >= 11 is 0. The molecule has 194 valence electrons. The van der Waals surface area contributed by atoms with Gasteiger partial charge in [-0.3, -0.25) is 0 Å². The maximum Gasteiger partial charge on any atom is -0.00139 e. The molecule has 0 amide bonds. The lowest BCUT2D eigenvalue weighted by Gasteiger charge is -2.17. The van der Waals surface area contributed by atoms with Crippen LogP contribution < -0.4 is 0 Å². The molecule has 0 spiro atoms. The molecular weight excluding hydrogens is 504 g/mol. The molecule has 9 rings (SSSR count). The third kappa shape index (κ3) is 3.42. The van der Waals surface area contributed by atoms with Crippen molar-refractivity contribution in [3.8, 4) is 22.3 Å². The number of hydrogen-bond acceptors (Lipinski definition) is 0.